The predicted octanol–water partition coefficient (Wildman–Crippen LogP) is 0.634. The standard InChI is InChI=1S/C15H19N7O/c16-10-2-1-7-22(9-10)12-3-4-18-8-11(12)21-15(23)13-14(17)20-6-5-19-13/h3-6,8,10H,1-2,7,9,16H2,(H2,17,20)(H,21,23)/t10-/m1/s1. The van der Waals surface area contributed by atoms with E-state index in [-0.39, 0.29) is 17.6 Å². The number of hydrogen-bond donors (Lipinski definition) is 3. The van der Waals surface area contributed by atoms with Crippen LogP contribution in [-0.4, -0.2) is 40.0 Å². The molecule has 0 saturated carbocycles. The summed E-state index contributed by atoms with van der Waals surface area (Å²) in [6, 6.07) is 2.00. The summed E-state index contributed by atoms with van der Waals surface area (Å²) in [7, 11) is 0. The van der Waals surface area contributed by atoms with E-state index in [4.69, 9.17) is 11.5 Å². The Bertz CT molecular complexity index is 706. The van der Waals surface area contributed by atoms with E-state index < -0.39 is 5.91 Å². The van der Waals surface area contributed by atoms with Crippen LogP contribution in [0.1, 0.15) is 23.3 Å². The number of aromatic nitrogens is 3. The van der Waals surface area contributed by atoms with Crippen molar-refractivity contribution in [1.29, 1.82) is 0 Å². The third-order valence-corrected chi connectivity index (χ3v) is 3.79. The SMILES string of the molecule is Nc1nccnc1C(=O)Nc1cnccc1N1CCC[C@@H](N)C1. The Morgan fingerprint density at radius 2 is 2.13 bits per heavy atom. The van der Waals surface area contributed by atoms with Crippen LogP contribution in [-0.2, 0) is 0 Å². The molecule has 5 N–H and O–H groups in total. The lowest BCUT2D eigenvalue weighted by Gasteiger charge is -2.33. The Morgan fingerprint density at radius 3 is 2.91 bits per heavy atom. The van der Waals surface area contributed by atoms with Crippen molar-refractivity contribution in [2.75, 3.05) is 29.0 Å². The number of nitrogens with two attached hydrogens (primary N) is 2. The van der Waals surface area contributed by atoms with Gasteiger partial charge in [0.25, 0.3) is 5.91 Å². The molecule has 2 aromatic heterocycles. The van der Waals surface area contributed by atoms with Gasteiger partial charge in [-0.2, -0.15) is 0 Å². The molecule has 8 nitrogen and oxygen atoms in total. The maximum atomic E-state index is 12.4. The number of nitrogens with zero attached hydrogens (tertiary/aromatic N) is 4. The average molecular weight is 313 g/mol. The van der Waals surface area contributed by atoms with Crippen LogP contribution in [0.3, 0.4) is 0 Å². The summed E-state index contributed by atoms with van der Waals surface area (Å²) in [5.41, 5.74) is 13.3. The summed E-state index contributed by atoms with van der Waals surface area (Å²) >= 11 is 0. The van der Waals surface area contributed by atoms with Crippen LogP contribution in [0, 0.1) is 0 Å². The van der Waals surface area contributed by atoms with Crippen LogP contribution in [0.25, 0.3) is 0 Å². The van der Waals surface area contributed by atoms with Crippen LogP contribution >= 0.6 is 0 Å². The highest BCUT2D eigenvalue weighted by molar-refractivity contribution is 6.07. The van der Waals surface area contributed by atoms with E-state index >= 15 is 0 Å². The molecule has 0 bridgehead atoms. The van der Waals surface area contributed by atoms with Gasteiger partial charge < -0.3 is 21.7 Å². The molecule has 1 fully saturated rings. The number of piperidine rings is 1. The zero-order valence-corrected chi connectivity index (χ0v) is 12.6. The smallest absolute Gasteiger partial charge is 0.278 e. The van der Waals surface area contributed by atoms with Gasteiger partial charge in [-0.1, -0.05) is 0 Å². The zero-order chi connectivity index (χ0) is 16.2. The van der Waals surface area contributed by atoms with E-state index in [0.29, 0.717) is 5.69 Å². The fourth-order valence-electron chi connectivity index (χ4n) is 2.69. The molecular formula is C15H19N7O. The van der Waals surface area contributed by atoms with Gasteiger partial charge in [0.05, 0.1) is 17.6 Å². The largest absolute Gasteiger partial charge is 0.382 e. The zero-order valence-electron chi connectivity index (χ0n) is 12.6. The summed E-state index contributed by atoms with van der Waals surface area (Å²) in [6.45, 7) is 1.65. The number of hydrogen-bond acceptors (Lipinski definition) is 7. The van der Waals surface area contributed by atoms with Gasteiger partial charge in [-0.3, -0.25) is 9.78 Å². The number of nitrogen functional groups attached to an aromatic ring is 1. The maximum absolute atomic E-state index is 12.4. The molecule has 8 heteroatoms. The number of amides is 1. The van der Waals surface area contributed by atoms with Gasteiger partial charge >= 0.3 is 0 Å². The van der Waals surface area contributed by atoms with Crippen molar-refractivity contribution in [1.82, 2.24) is 15.0 Å². The van der Waals surface area contributed by atoms with Gasteiger partial charge in [0.1, 0.15) is 0 Å². The highest BCUT2D eigenvalue weighted by atomic mass is 16.1. The summed E-state index contributed by atoms with van der Waals surface area (Å²) in [5.74, 6) is -0.318. The normalized spacial score (nSPS) is 17.8. The second-order valence-electron chi connectivity index (χ2n) is 5.49. The van der Waals surface area contributed by atoms with Crippen molar-refractivity contribution in [3.05, 3.63) is 36.5 Å². The first-order valence-electron chi connectivity index (χ1n) is 7.47. The molecule has 0 aliphatic carbocycles. The molecule has 0 radical (unpaired) electrons. The Labute approximate surface area is 133 Å². The lowest BCUT2D eigenvalue weighted by Crippen LogP contribution is -2.43. The topological polar surface area (TPSA) is 123 Å². The summed E-state index contributed by atoms with van der Waals surface area (Å²) in [6.07, 6.45) is 8.21. The molecule has 0 unspecified atom stereocenters. The molecule has 0 aromatic carbocycles. The average Bonchev–Trinajstić information content (AvgIpc) is 2.55. The minimum atomic E-state index is -0.411. The minimum Gasteiger partial charge on any atom is -0.382 e. The molecule has 1 aliphatic rings. The maximum Gasteiger partial charge on any atom is 0.278 e. The lowest BCUT2D eigenvalue weighted by atomic mass is 10.1. The first-order valence-corrected chi connectivity index (χ1v) is 7.47. The molecule has 3 heterocycles. The minimum absolute atomic E-state index is 0.0930. The molecule has 3 rings (SSSR count). The van der Waals surface area contributed by atoms with Crippen molar-refractivity contribution in [3.63, 3.8) is 0 Å². The number of carbonyl (C=O) groups is 1. The summed E-state index contributed by atoms with van der Waals surface area (Å²) in [5, 5.41) is 2.81. The van der Waals surface area contributed by atoms with Crippen LogP contribution in [0.2, 0.25) is 0 Å². The third-order valence-electron chi connectivity index (χ3n) is 3.79. The fourth-order valence-corrected chi connectivity index (χ4v) is 2.69. The molecule has 0 spiro atoms. The van der Waals surface area contributed by atoms with Crippen LogP contribution in [0.4, 0.5) is 17.2 Å². The second kappa shape index (κ2) is 6.57. The van der Waals surface area contributed by atoms with Crippen molar-refractivity contribution in [3.8, 4) is 0 Å². The van der Waals surface area contributed by atoms with E-state index in [9.17, 15) is 4.79 Å². The number of carbonyl (C=O) groups excluding carboxylic acids is 1. The lowest BCUT2D eigenvalue weighted by molar-refractivity contribution is 0.102. The number of pyridine rings is 1. The number of rotatable bonds is 3. The quantitative estimate of drug-likeness (QED) is 0.759. The van der Waals surface area contributed by atoms with E-state index in [0.717, 1.165) is 31.6 Å². The Kier molecular flexibility index (Phi) is 4.33. The van der Waals surface area contributed by atoms with E-state index in [1.54, 1.807) is 12.4 Å². The van der Waals surface area contributed by atoms with Gasteiger partial charge in [-0.05, 0) is 18.9 Å². The molecule has 1 aliphatic heterocycles. The molecule has 1 saturated heterocycles. The molecule has 120 valence electrons. The van der Waals surface area contributed by atoms with Crippen molar-refractivity contribution < 1.29 is 4.79 Å². The summed E-state index contributed by atoms with van der Waals surface area (Å²) < 4.78 is 0. The predicted molar refractivity (Wildman–Crippen MR) is 88.1 cm³/mol. The number of anilines is 3. The van der Waals surface area contributed by atoms with E-state index in [2.05, 4.69) is 25.2 Å². The highest BCUT2D eigenvalue weighted by Crippen LogP contribution is 2.27. The molecule has 1 amide bonds. The Balaban J connectivity index is 1.83. The van der Waals surface area contributed by atoms with Gasteiger partial charge in [0.2, 0.25) is 0 Å². The Hall–Kier alpha value is -2.74. The van der Waals surface area contributed by atoms with Gasteiger partial charge in [0.15, 0.2) is 11.5 Å². The molecular weight excluding hydrogens is 294 g/mol. The first-order chi connectivity index (χ1) is 11.1. The van der Waals surface area contributed by atoms with Crippen LogP contribution in [0.5, 0.6) is 0 Å². The Morgan fingerprint density at radius 1 is 1.30 bits per heavy atom. The van der Waals surface area contributed by atoms with E-state index in [1.165, 1.54) is 12.4 Å². The monoisotopic (exact) mass is 313 g/mol. The first kappa shape index (κ1) is 15.2. The van der Waals surface area contributed by atoms with Gasteiger partial charge in [-0.25, -0.2) is 9.97 Å². The van der Waals surface area contributed by atoms with Crippen molar-refractivity contribution >= 4 is 23.1 Å². The third kappa shape index (κ3) is 3.37. The van der Waals surface area contributed by atoms with Crippen molar-refractivity contribution in [2.24, 2.45) is 5.73 Å². The van der Waals surface area contributed by atoms with Crippen molar-refractivity contribution in [2.45, 2.75) is 18.9 Å². The second-order valence-corrected chi connectivity index (χ2v) is 5.49. The summed E-state index contributed by atoms with van der Waals surface area (Å²) in [4.78, 5) is 26.5. The molecule has 2 aromatic rings. The molecule has 23 heavy (non-hydrogen) atoms. The number of nitrogens with one attached hydrogen (secondary N) is 1. The van der Waals surface area contributed by atoms with Gasteiger partial charge in [0, 0.05) is 37.7 Å². The van der Waals surface area contributed by atoms with Gasteiger partial charge in [-0.15, -0.1) is 0 Å². The van der Waals surface area contributed by atoms with E-state index in [1.807, 2.05) is 6.07 Å². The molecule has 1 atom stereocenters. The fraction of sp³-hybridized carbons (Fsp3) is 0.333. The van der Waals surface area contributed by atoms with Crippen LogP contribution in [0.15, 0.2) is 30.9 Å². The highest BCUT2D eigenvalue weighted by Gasteiger charge is 2.21. The van der Waals surface area contributed by atoms with Crippen LogP contribution < -0.4 is 21.7 Å².